The van der Waals surface area contributed by atoms with Crippen molar-refractivity contribution in [2.24, 2.45) is 0 Å². The quantitative estimate of drug-likeness (QED) is 0.0344. The Morgan fingerprint density at radius 3 is 0.645 bits per heavy atom. The molecule has 1 unspecified atom stereocenters. The Balaban J connectivity index is 4.08. The van der Waals surface area contributed by atoms with Crippen molar-refractivity contribution in [3.05, 3.63) is 0 Å². The van der Waals surface area contributed by atoms with Crippen molar-refractivity contribution in [1.82, 2.24) is 0 Å². The summed E-state index contributed by atoms with van der Waals surface area (Å²) in [6.07, 6.45) is 56.9. The lowest BCUT2D eigenvalue weighted by Gasteiger charge is -2.18. The van der Waals surface area contributed by atoms with Crippen molar-refractivity contribution in [3.8, 4) is 0 Å². The fraction of sp³-hybridized carbons (Fsp3) is 0.946. The molecule has 0 aliphatic carbocycles. The molecule has 0 fully saturated rings. The van der Waals surface area contributed by atoms with E-state index in [0.717, 1.165) is 57.8 Å². The van der Waals surface area contributed by atoms with E-state index >= 15 is 0 Å². The zero-order valence-corrected chi connectivity index (χ0v) is 42.2. The minimum atomic E-state index is -0.759. The average molecular weight is 877 g/mol. The Kier molecular flexibility index (Phi) is 50.7. The summed E-state index contributed by atoms with van der Waals surface area (Å²) < 4.78 is 16.8. The van der Waals surface area contributed by atoms with Crippen molar-refractivity contribution in [3.63, 3.8) is 0 Å². The molecule has 0 aromatic carbocycles. The summed E-state index contributed by atoms with van der Waals surface area (Å²) in [5, 5.41) is 0. The molecule has 0 saturated carbocycles. The molecule has 6 heteroatoms. The standard InChI is InChI=1S/C56H108O6/c1-4-7-10-13-16-19-21-22-23-24-25-26-27-28-29-30-31-32-33-35-37-40-43-46-49-55(58)61-52-53(51-60-54(57)48-45-42-39-36-18-15-12-9-6-3)62-56(59)50-47-44-41-38-34-20-17-14-11-8-5-2/h53H,4-52H2,1-3H3. The zero-order valence-electron chi connectivity index (χ0n) is 42.2. The summed E-state index contributed by atoms with van der Waals surface area (Å²) in [6.45, 7) is 6.66. The van der Waals surface area contributed by atoms with E-state index in [-0.39, 0.29) is 31.1 Å². The topological polar surface area (TPSA) is 78.9 Å². The van der Waals surface area contributed by atoms with E-state index in [1.807, 2.05) is 0 Å². The molecule has 0 spiro atoms. The second kappa shape index (κ2) is 52.0. The number of rotatable bonds is 52. The molecule has 62 heavy (non-hydrogen) atoms. The maximum absolute atomic E-state index is 12.7. The van der Waals surface area contributed by atoms with Crippen LogP contribution in [0.15, 0.2) is 0 Å². The van der Waals surface area contributed by atoms with Crippen LogP contribution in [0.25, 0.3) is 0 Å². The van der Waals surface area contributed by atoms with Crippen LogP contribution in [0.5, 0.6) is 0 Å². The fourth-order valence-electron chi connectivity index (χ4n) is 8.62. The molecule has 0 aromatic heterocycles. The lowest BCUT2D eigenvalue weighted by atomic mass is 10.0. The van der Waals surface area contributed by atoms with Crippen LogP contribution in [0, 0.1) is 0 Å². The molecular weight excluding hydrogens is 769 g/mol. The molecule has 0 saturated heterocycles. The van der Waals surface area contributed by atoms with Gasteiger partial charge in [0.25, 0.3) is 0 Å². The maximum Gasteiger partial charge on any atom is 0.306 e. The van der Waals surface area contributed by atoms with Gasteiger partial charge in [-0.05, 0) is 19.3 Å². The summed E-state index contributed by atoms with van der Waals surface area (Å²) in [6, 6.07) is 0. The first-order valence-electron chi connectivity index (χ1n) is 28.0. The summed E-state index contributed by atoms with van der Waals surface area (Å²) in [7, 11) is 0. The van der Waals surface area contributed by atoms with Crippen molar-refractivity contribution in [2.75, 3.05) is 13.2 Å². The van der Waals surface area contributed by atoms with Crippen LogP contribution in [-0.2, 0) is 28.6 Å². The first kappa shape index (κ1) is 60.4. The zero-order chi connectivity index (χ0) is 45.1. The van der Waals surface area contributed by atoms with Crippen LogP contribution in [0.3, 0.4) is 0 Å². The summed E-state index contributed by atoms with van der Waals surface area (Å²) in [4.78, 5) is 37.9. The number of hydrogen-bond acceptors (Lipinski definition) is 6. The van der Waals surface area contributed by atoms with E-state index in [1.165, 1.54) is 225 Å². The summed E-state index contributed by atoms with van der Waals surface area (Å²) in [5.74, 6) is -0.843. The smallest absolute Gasteiger partial charge is 0.306 e. The minimum Gasteiger partial charge on any atom is -0.462 e. The molecule has 0 bridgehead atoms. The number of carbonyl (C=O) groups excluding carboxylic acids is 3. The van der Waals surface area contributed by atoms with Crippen LogP contribution < -0.4 is 0 Å². The van der Waals surface area contributed by atoms with E-state index in [4.69, 9.17) is 14.2 Å². The molecule has 0 aliphatic rings. The first-order chi connectivity index (χ1) is 30.5. The Bertz CT molecular complexity index is 920. The predicted octanol–water partition coefficient (Wildman–Crippen LogP) is 18.4. The summed E-state index contributed by atoms with van der Waals surface area (Å²) >= 11 is 0. The SMILES string of the molecule is CCCCCCCCCCCCCCCCCCCCCCCCCCC(=O)OCC(COC(=O)CCCCCCCCCCC)OC(=O)CCCCCCCCCCCCC. The third kappa shape index (κ3) is 49.4. The van der Waals surface area contributed by atoms with E-state index in [1.54, 1.807) is 0 Å². The average Bonchev–Trinajstić information content (AvgIpc) is 3.27. The Morgan fingerprint density at radius 2 is 0.435 bits per heavy atom. The van der Waals surface area contributed by atoms with Gasteiger partial charge in [-0.3, -0.25) is 14.4 Å². The van der Waals surface area contributed by atoms with Gasteiger partial charge in [-0.15, -0.1) is 0 Å². The Morgan fingerprint density at radius 1 is 0.258 bits per heavy atom. The second-order valence-corrected chi connectivity index (χ2v) is 19.2. The molecule has 0 amide bonds. The van der Waals surface area contributed by atoms with E-state index in [2.05, 4.69) is 20.8 Å². The predicted molar refractivity (Wildman–Crippen MR) is 266 cm³/mol. The monoisotopic (exact) mass is 877 g/mol. The Hall–Kier alpha value is -1.59. The number of esters is 3. The van der Waals surface area contributed by atoms with Gasteiger partial charge in [0.1, 0.15) is 13.2 Å². The van der Waals surface area contributed by atoms with E-state index in [0.29, 0.717) is 19.3 Å². The highest BCUT2D eigenvalue weighted by atomic mass is 16.6. The molecule has 0 aliphatic heterocycles. The van der Waals surface area contributed by atoms with Crippen molar-refractivity contribution >= 4 is 17.9 Å². The van der Waals surface area contributed by atoms with E-state index < -0.39 is 6.10 Å². The minimum absolute atomic E-state index is 0.0620. The van der Waals surface area contributed by atoms with Gasteiger partial charge >= 0.3 is 17.9 Å². The van der Waals surface area contributed by atoms with Crippen LogP contribution in [0.4, 0.5) is 0 Å². The fourth-order valence-corrected chi connectivity index (χ4v) is 8.62. The largest absolute Gasteiger partial charge is 0.462 e. The lowest BCUT2D eigenvalue weighted by molar-refractivity contribution is -0.167. The third-order valence-electron chi connectivity index (χ3n) is 12.9. The highest BCUT2D eigenvalue weighted by Crippen LogP contribution is 2.17. The van der Waals surface area contributed by atoms with Gasteiger partial charge in [0.05, 0.1) is 0 Å². The van der Waals surface area contributed by atoms with Crippen LogP contribution in [0.1, 0.15) is 323 Å². The number of unbranched alkanes of at least 4 members (excludes halogenated alkanes) is 41. The molecule has 1 atom stereocenters. The van der Waals surface area contributed by atoms with Gasteiger partial charge in [-0.1, -0.05) is 284 Å². The molecule has 368 valence electrons. The van der Waals surface area contributed by atoms with Crippen LogP contribution in [0.2, 0.25) is 0 Å². The molecule has 0 radical (unpaired) electrons. The van der Waals surface area contributed by atoms with Crippen LogP contribution in [-0.4, -0.2) is 37.2 Å². The number of carbonyl (C=O) groups is 3. The number of hydrogen-bond donors (Lipinski definition) is 0. The third-order valence-corrected chi connectivity index (χ3v) is 12.9. The first-order valence-corrected chi connectivity index (χ1v) is 28.0. The second-order valence-electron chi connectivity index (χ2n) is 19.2. The van der Waals surface area contributed by atoms with Crippen molar-refractivity contribution in [1.29, 1.82) is 0 Å². The highest BCUT2D eigenvalue weighted by Gasteiger charge is 2.19. The number of ether oxygens (including phenoxy) is 3. The van der Waals surface area contributed by atoms with Gasteiger partial charge in [-0.25, -0.2) is 0 Å². The normalized spacial score (nSPS) is 11.9. The molecular formula is C56H108O6. The molecule has 0 N–H and O–H groups in total. The molecule has 0 heterocycles. The van der Waals surface area contributed by atoms with Crippen LogP contribution >= 0.6 is 0 Å². The van der Waals surface area contributed by atoms with E-state index in [9.17, 15) is 14.4 Å². The summed E-state index contributed by atoms with van der Waals surface area (Å²) in [5.41, 5.74) is 0. The van der Waals surface area contributed by atoms with Gasteiger partial charge in [0.15, 0.2) is 6.10 Å². The van der Waals surface area contributed by atoms with Gasteiger partial charge < -0.3 is 14.2 Å². The van der Waals surface area contributed by atoms with Crippen molar-refractivity contribution in [2.45, 2.75) is 329 Å². The van der Waals surface area contributed by atoms with Crippen molar-refractivity contribution < 1.29 is 28.6 Å². The molecule has 0 aromatic rings. The lowest BCUT2D eigenvalue weighted by Crippen LogP contribution is -2.30. The highest BCUT2D eigenvalue weighted by molar-refractivity contribution is 5.71. The van der Waals surface area contributed by atoms with Gasteiger partial charge in [0, 0.05) is 19.3 Å². The van der Waals surface area contributed by atoms with Gasteiger partial charge in [-0.2, -0.15) is 0 Å². The maximum atomic E-state index is 12.7. The Labute approximate surface area is 387 Å². The molecule has 0 rings (SSSR count). The van der Waals surface area contributed by atoms with Gasteiger partial charge in [0.2, 0.25) is 0 Å². The molecule has 6 nitrogen and oxygen atoms in total.